The molecule has 0 aliphatic rings. The number of rotatable bonds is 5. The molecule has 0 fully saturated rings. The van der Waals surface area contributed by atoms with Crippen molar-refractivity contribution < 1.29 is 14.3 Å². The summed E-state index contributed by atoms with van der Waals surface area (Å²) in [6, 6.07) is 12.5. The van der Waals surface area contributed by atoms with Crippen molar-refractivity contribution in [2.75, 3.05) is 20.8 Å². The van der Waals surface area contributed by atoms with E-state index in [0.717, 1.165) is 16.0 Å². The SMILES string of the molecule is COCCn1c(=NC(=O)c2ccc(Cl)cc2)sc2cccc(OC)c21. The van der Waals surface area contributed by atoms with Crippen LogP contribution in [0, 0.1) is 0 Å². The monoisotopic (exact) mass is 376 g/mol. The van der Waals surface area contributed by atoms with E-state index >= 15 is 0 Å². The van der Waals surface area contributed by atoms with Gasteiger partial charge in [-0.25, -0.2) is 0 Å². The van der Waals surface area contributed by atoms with Crippen LogP contribution >= 0.6 is 22.9 Å². The fraction of sp³-hybridized carbons (Fsp3) is 0.222. The van der Waals surface area contributed by atoms with Crippen LogP contribution in [0.3, 0.4) is 0 Å². The molecular weight excluding hydrogens is 360 g/mol. The number of aromatic nitrogens is 1. The number of nitrogens with zero attached hydrogens (tertiary/aromatic N) is 2. The van der Waals surface area contributed by atoms with Gasteiger partial charge in [-0.3, -0.25) is 4.79 Å². The van der Waals surface area contributed by atoms with Gasteiger partial charge < -0.3 is 14.0 Å². The lowest BCUT2D eigenvalue weighted by Gasteiger charge is -2.07. The Morgan fingerprint density at radius 2 is 1.96 bits per heavy atom. The molecule has 0 saturated heterocycles. The van der Waals surface area contributed by atoms with Crippen LogP contribution in [0.15, 0.2) is 47.5 Å². The Labute approximate surface area is 154 Å². The van der Waals surface area contributed by atoms with Crippen LogP contribution in [-0.4, -0.2) is 31.3 Å². The molecule has 5 nitrogen and oxygen atoms in total. The lowest BCUT2D eigenvalue weighted by molar-refractivity contribution is 0.0997. The number of thiazole rings is 1. The number of benzene rings is 2. The molecule has 3 aromatic rings. The maximum Gasteiger partial charge on any atom is 0.279 e. The summed E-state index contributed by atoms with van der Waals surface area (Å²) in [6.07, 6.45) is 0. The highest BCUT2D eigenvalue weighted by Gasteiger charge is 2.13. The molecule has 0 radical (unpaired) electrons. The topological polar surface area (TPSA) is 52.8 Å². The normalized spacial score (nSPS) is 11.9. The third-order valence-corrected chi connectivity index (χ3v) is 4.99. The highest BCUT2D eigenvalue weighted by molar-refractivity contribution is 7.16. The molecular formula is C18H17ClN2O3S. The van der Waals surface area contributed by atoms with Gasteiger partial charge in [0.25, 0.3) is 5.91 Å². The van der Waals surface area contributed by atoms with Gasteiger partial charge in [-0.1, -0.05) is 29.0 Å². The first-order chi connectivity index (χ1) is 12.1. The van der Waals surface area contributed by atoms with Crippen LogP contribution in [0.4, 0.5) is 0 Å². The van der Waals surface area contributed by atoms with Crippen LogP contribution in [0.25, 0.3) is 10.2 Å². The highest BCUT2D eigenvalue weighted by atomic mass is 35.5. The molecule has 3 rings (SSSR count). The number of methoxy groups -OCH3 is 2. The Kier molecular flexibility index (Phi) is 5.53. The number of ether oxygens (including phenoxy) is 2. The molecule has 7 heteroatoms. The molecule has 1 amide bonds. The largest absolute Gasteiger partial charge is 0.495 e. The molecule has 0 spiro atoms. The van der Waals surface area contributed by atoms with Gasteiger partial charge in [-0.2, -0.15) is 4.99 Å². The standard InChI is InChI=1S/C18H17ClN2O3S/c1-23-11-10-21-16-14(24-2)4-3-5-15(16)25-18(21)20-17(22)12-6-8-13(19)9-7-12/h3-9H,10-11H2,1-2H3. The van der Waals surface area contributed by atoms with Crippen molar-refractivity contribution in [3.8, 4) is 5.75 Å². The van der Waals surface area contributed by atoms with Gasteiger partial charge in [0, 0.05) is 24.2 Å². The Morgan fingerprint density at radius 3 is 2.64 bits per heavy atom. The fourth-order valence-corrected chi connectivity index (χ4v) is 3.68. The fourth-order valence-electron chi connectivity index (χ4n) is 2.48. The van der Waals surface area contributed by atoms with Gasteiger partial charge in [0.15, 0.2) is 4.80 Å². The summed E-state index contributed by atoms with van der Waals surface area (Å²) in [7, 11) is 3.27. The van der Waals surface area contributed by atoms with E-state index in [1.165, 1.54) is 11.3 Å². The quantitative estimate of drug-likeness (QED) is 0.681. The third-order valence-electron chi connectivity index (χ3n) is 3.69. The number of fused-ring (bicyclic) bond motifs is 1. The second-order valence-electron chi connectivity index (χ2n) is 5.26. The maximum atomic E-state index is 12.5. The molecule has 1 aromatic heterocycles. The number of hydrogen-bond acceptors (Lipinski definition) is 4. The minimum absolute atomic E-state index is 0.312. The second kappa shape index (κ2) is 7.82. The van der Waals surface area contributed by atoms with Crippen molar-refractivity contribution in [2.45, 2.75) is 6.54 Å². The number of amides is 1. The zero-order valence-electron chi connectivity index (χ0n) is 13.9. The van der Waals surface area contributed by atoms with Gasteiger partial charge in [0.1, 0.15) is 11.3 Å². The average molecular weight is 377 g/mol. The Hall–Kier alpha value is -2.15. The van der Waals surface area contributed by atoms with Gasteiger partial charge in [0.05, 0.1) is 18.4 Å². The minimum Gasteiger partial charge on any atom is -0.495 e. The van der Waals surface area contributed by atoms with Crippen LogP contribution in [0.2, 0.25) is 5.02 Å². The predicted molar refractivity (Wildman–Crippen MR) is 99.6 cm³/mol. The smallest absolute Gasteiger partial charge is 0.279 e. The molecule has 0 bridgehead atoms. The van der Waals surface area contributed by atoms with Crippen LogP contribution in [0.5, 0.6) is 5.75 Å². The number of para-hydroxylation sites is 1. The van der Waals surface area contributed by atoms with Crippen LogP contribution in [-0.2, 0) is 11.3 Å². The summed E-state index contributed by atoms with van der Waals surface area (Å²) in [4.78, 5) is 17.4. The van der Waals surface area contributed by atoms with Crippen molar-refractivity contribution in [1.29, 1.82) is 0 Å². The van der Waals surface area contributed by atoms with E-state index in [2.05, 4.69) is 4.99 Å². The minimum atomic E-state index is -0.312. The molecule has 25 heavy (non-hydrogen) atoms. The Bertz CT molecular complexity index is 961. The molecule has 0 saturated carbocycles. The van der Waals surface area contributed by atoms with Gasteiger partial charge >= 0.3 is 0 Å². The number of halogens is 1. The number of hydrogen-bond donors (Lipinski definition) is 0. The first kappa shape index (κ1) is 17.7. The van der Waals surface area contributed by atoms with Crippen LogP contribution < -0.4 is 9.54 Å². The second-order valence-corrected chi connectivity index (χ2v) is 6.71. The maximum absolute atomic E-state index is 12.5. The van der Waals surface area contributed by atoms with E-state index in [1.54, 1.807) is 38.5 Å². The van der Waals surface area contributed by atoms with E-state index < -0.39 is 0 Å². The highest BCUT2D eigenvalue weighted by Crippen LogP contribution is 2.27. The summed E-state index contributed by atoms with van der Waals surface area (Å²) >= 11 is 7.32. The molecule has 0 unspecified atom stereocenters. The van der Waals surface area contributed by atoms with Crippen molar-refractivity contribution in [3.05, 3.63) is 57.9 Å². The van der Waals surface area contributed by atoms with Crippen molar-refractivity contribution >= 4 is 39.1 Å². The Balaban J connectivity index is 2.13. The molecule has 130 valence electrons. The summed E-state index contributed by atoms with van der Waals surface area (Å²) in [5, 5.41) is 0.582. The van der Waals surface area contributed by atoms with E-state index in [-0.39, 0.29) is 5.91 Å². The lowest BCUT2D eigenvalue weighted by Crippen LogP contribution is -2.19. The van der Waals surface area contributed by atoms with Gasteiger partial charge in [-0.05, 0) is 36.4 Å². The number of carbonyl (C=O) groups is 1. The molecule has 2 aromatic carbocycles. The zero-order valence-corrected chi connectivity index (χ0v) is 15.4. The van der Waals surface area contributed by atoms with E-state index in [0.29, 0.717) is 28.5 Å². The van der Waals surface area contributed by atoms with Gasteiger partial charge in [-0.15, -0.1) is 0 Å². The first-order valence-corrected chi connectivity index (χ1v) is 8.83. The first-order valence-electron chi connectivity index (χ1n) is 7.64. The van der Waals surface area contributed by atoms with E-state index in [4.69, 9.17) is 21.1 Å². The zero-order chi connectivity index (χ0) is 17.8. The summed E-state index contributed by atoms with van der Waals surface area (Å²) < 4.78 is 13.6. The van der Waals surface area contributed by atoms with E-state index in [1.807, 2.05) is 22.8 Å². The van der Waals surface area contributed by atoms with Crippen molar-refractivity contribution in [3.63, 3.8) is 0 Å². The van der Waals surface area contributed by atoms with Crippen molar-refractivity contribution in [1.82, 2.24) is 4.57 Å². The van der Waals surface area contributed by atoms with Crippen molar-refractivity contribution in [2.24, 2.45) is 4.99 Å². The molecule has 0 aliphatic carbocycles. The molecule has 1 heterocycles. The average Bonchev–Trinajstić information content (AvgIpc) is 2.97. The molecule has 0 aliphatic heterocycles. The third kappa shape index (κ3) is 3.76. The summed E-state index contributed by atoms with van der Waals surface area (Å²) in [6.45, 7) is 1.08. The summed E-state index contributed by atoms with van der Waals surface area (Å²) in [5.41, 5.74) is 1.40. The van der Waals surface area contributed by atoms with E-state index in [9.17, 15) is 4.79 Å². The molecule has 0 N–H and O–H groups in total. The predicted octanol–water partition coefficient (Wildman–Crippen LogP) is 3.75. The lowest BCUT2D eigenvalue weighted by atomic mass is 10.2. The van der Waals surface area contributed by atoms with Gasteiger partial charge in [0.2, 0.25) is 0 Å². The summed E-state index contributed by atoms with van der Waals surface area (Å²) in [5.74, 6) is 0.429. The van der Waals surface area contributed by atoms with Crippen LogP contribution in [0.1, 0.15) is 10.4 Å². The Morgan fingerprint density at radius 1 is 1.20 bits per heavy atom. The number of carbonyl (C=O) groups excluding carboxylic acids is 1. The molecule has 0 atom stereocenters.